The smallest absolute Gasteiger partial charge is 0.0317 e. The van der Waals surface area contributed by atoms with Crippen molar-refractivity contribution in [3.8, 4) is 0 Å². The van der Waals surface area contributed by atoms with Gasteiger partial charge in [-0.3, -0.25) is 9.80 Å². The van der Waals surface area contributed by atoms with Crippen LogP contribution < -0.4 is 5.73 Å². The first-order valence-electron chi connectivity index (χ1n) is 9.54. The molecule has 4 rings (SSSR count). The molecule has 3 nitrogen and oxygen atoms in total. The summed E-state index contributed by atoms with van der Waals surface area (Å²) in [6, 6.07) is 19.3. The number of anilines is 1. The molecule has 148 valence electrons. The lowest BCUT2D eigenvalue weighted by Gasteiger charge is -2.40. The van der Waals surface area contributed by atoms with Crippen molar-refractivity contribution in [2.24, 2.45) is 5.41 Å². The van der Waals surface area contributed by atoms with Gasteiger partial charge in [-0.15, -0.1) is 24.8 Å². The SMILES string of the molecule is Cl.Cl.Nc1cccc(CN2CCC3(CCCN(Cc4ccccc4)C3)C2)c1. The van der Waals surface area contributed by atoms with Gasteiger partial charge in [-0.1, -0.05) is 42.5 Å². The van der Waals surface area contributed by atoms with Gasteiger partial charge in [-0.25, -0.2) is 0 Å². The number of nitrogens with zero attached hydrogens (tertiary/aromatic N) is 2. The average molecular weight is 408 g/mol. The van der Waals surface area contributed by atoms with Crippen LogP contribution >= 0.6 is 24.8 Å². The highest BCUT2D eigenvalue weighted by atomic mass is 35.5. The Morgan fingerprint density at radius 2 is 1.44 bits per heavy atom. The third kappa shape index (κ3) is 5.61. The van der Waals surface area contributed by atoms with E-state index in [1.165, 1.54) is 56.6 Å². The Balaban J connectivity index is 0.00000131. The standard InChI is InChI=1S/C22H29N3.2ClH/c23-21-9-4-8-20(14-21)16-25-13-11-22(18-25)10-5-12-24(17-22)15-19-6-2-1-3-7-19;;/h1-4,6-9,14H,5,10-13,15-18,23H2;2*1H. The van der Waals surface area contributed by atoms with E-state index in [1.54, 1.807) is 0 Å². The Labute approximate surface area is 175 Å². The van der Waals surface area contributed by atoms with E-state index in [-0.39, 0.29) is 24.8 Å². The van der Waals surface area contributed by atoms with Crippen LogP contribution in [0.25, 0.3) is 0 Å². The van der Waals surface area contributed by atoms with Crippen LogP contribution in [0.1, 0.15) is 30.4 Å². The largest absolute Gasteiger partial charge is 0.399 e. The second-order valence-corrected chi connectivity index (χ2v) is 8.01. The monoisotopic (exact) mass is 407 g/mol. The molecule has 2 N–H and O–H groups in total. The van der Waals surface area contributed by atoms with E-state index in [1.807, 2.05) is 6.07 Å². The molecule has 1 spiro atoms. The van der Waals surface area contributed by atoms with Crippen molar-refractivity contribution in [3.05, 3.63) is 65.7 Å². The number of nitrogen functional groups attached to an aromatic ring is 1. The summed E-state index contributed by atoms with van der Waals surface area (Å²) in [6.45, 7) is 7.06. The lowest BCUT2D eigenvalue weighted by Crippen LogP contribution is -2.44. The van der Waals surface area contributed by atoms with Gasteiger partial charge in [0, 0.05) is 31.9 Å². The molecule has 2 saturated heterocycles. The van der Waals surface area contributed by atoms with Crippen molar-refractivity contribution in [2.45, 2.75) is 32.4 Å². The molecule has 2 aromatic carbocycles. The van der Waals surface area contributed by atoms with Crippen molar-refractivity contribution in [1.82, 2.24) is 9.80 Å². The number of piperidine rings is 1. The predicted molar refractivity (Wildman–Crippen MR) is 119 cm³/mol. The van der Waals surface area contributed by atoms with Crippen LogP contribution in [0.4, 0.5) is 5.69 Å². The summed E-state index contributed by atoms with van der Waals surface area (Å²) in [6.07, 6.45) is 4.05. The second-order valence-electron chi connectivity index (χ2n) is 8.01. The van der Waals surface area contributed by atoms with Crippen LogP contribution in [0, 0.1) is 5.41 Å². The van der Waals surface area contributed by atoms with E-state index in [0.29, 0.717) is 5.41 Å². The van der Waals surface area contributed by atoms with Crippen molar-refractivity contribution >= 4 is 30.5 Å². The van der Waals surface area contributed by atoms with E-state index >= 15 is 0 Å². The quantitative estimate of drug-likeness (QED) is 0.751. The fourth-order valence-corrected chi connectivity index (χ4v) is 4.73. The zero-order valence-corrected chi connectivity index (χ0v) is 17.5. The molecule has 0 aliphatic carbocycles. The summed E-state index contributed by atoms with van der Waals surface area (Å²) in [5.74, 6) is 0. The summed E-state index contributed by atoms with van der Waals surface area (Å²) in [5.41, 5.74) is 10.1. The minimum atomic E-state index is 0. The molecule has 0 aromatic heterocycles. The number of rotatable bonds is 4. The maximum atomic E-state index is 5.94. The number of hydrogen-bond acceptors (Lipinski definition) is 3. The van der Waals surface area contributed by atoms with Gasteiger partial charge in [-0.05, 0) is 61.0 Å². The molecule has 0 radical (unpaired) electrons. The molecule has 2 heterocycles. The Morgan fingerprint density at radius 3 is 2.19 bits per heavy atom. The number of hydrogen-bond donors (Lipinski definition) is 1. The summed E-state index contributed by atoms with van der Waals surface area (Å²) in [4.78, 5) is 5.30. The molecule has 2 fully saturated rings. The van der Waals surface area contributed by atoms with E-state index in [4.69, 9.17) is 5.73 Å². The van der Waals surface area contributed by atoms with Crippen molar-refractivity contribution in [1.29, 1.82) is 0 Å². The van der Waals surface area contributed by atoms with Gasteiger partial charge in [0.1, 0.15) is 0 Å². The number of nitrogens with two attached hydrogens (primary N) is 1. The van der Waals surface area contributed by atoms with Crippen LogP contribution in [0.5, 0.6) is 0 Å². The molecule has 0 amide bonds. The predicted octanol–water partition coefficient (Wildman–Crippen LogP) is 4.60. The Hall–Kier alpha value is -1.26. The van der Waals surface area contributed by atoms with E-state index in [9.17, 15) is 0 Å². The lowest BCUT2D eigenvalue weighted by molar-refractivity contribution is 0.0866. The topological polar surface area (TPSA) is 32.5 Å². The molecule has 5 heteroatoms. The van der Waals surface area contributed by atoms with Gasteiger partial charge in [0.25, 0.3) is 0 Å². The molecule has 0 saturated carbocycles. The van der Waals surface area contributed by atoms with E-state index < -0.39 is 0 Å². The van der Waals surface area contributed by atoms with Crippen LogP contribution in [0.15, 0.2) is 54.6 Å². The lowest BCUT2D eigenvalue weighted by atomic mass is 9.79. The zero-order chi connectivity index (χ0) is 17.1. The van der Waals surface area contributed by atoms with Gasteiger partial charge in [0.05, 0.1) is 0 Å². The molecule has 27 heavy (non-hydrogen) atoms. The Bertz CT molecular complexity index is 710. The number of benzene rings is 2. The summed E-state index contributed by atoms with van der Waals surface area (Å²) in [7, 11) is 0. The van der Waals surface area contributed by atoms with Gasteiger partial charge < -0.3 is 5.73 Å². The molecule has 1 atom stereocenters. The van der Waals surface area contributed by atoms with Crippen LogP contribution in [-0.2, 0) is 13.1 Å². The first-order valence-corrected chi connectivity index (χ1v) is 9.54. The normalized spacial score (nSPS) is 23.0. The van der Waals surface area contributed by atoms with Crippen molar-refractivity contribution < 1.29 is 0 Å². The molecule has 1 unspecified atom stereocenters. The van der Waals surface area contributed by atoms with Crippen LogP contribution in [0.3, 0.4) is 0 Å². The van der Waals surface area contributed by atoms with Gasteiger partial charge >= 0.3 is 0 Å². The molecule has 0 bridgehead atoms. The first kappa shape index (κ1) is 22.0. The maximum absolute atomic E-state index is 5.94. The van der Waals surface area contributed by atoms with Crippen LogP contribution in [0.2, 0.25) is 0 Å². The van der Waals surface area contributed by atoms with Gasteiger partial charge in [0.2, 0.25) is 0 Å². The second kappa shape index (κ2) is 9.79. The van der Waals surface area contributed by atoms with Gasteiger partial charge in [0.15, 0.2) is 0 Å². The zero-order valence-electron chi connectivity index (χ0n) is 15.8. The fraction of sp³-hybridized carbons (Fsp3) is 0.455. The number of likely N-dealkylation sites (tertiary alicyclic amines) is 2. The van der Waals surface area contributed by atoms with Crippen LogP contribution in [-0.4, -0.2) is 36.0 Å². The summed E-state index contributed by atoms with van der Waals surface area (Å²) >= 11 is 0. The molecule has 2 aliphatic rings. The average Bonchev–Trinajstić information content (AvgIpc) is 2.97. The third-order valence-corrected chi connectivity index (χ3v) is 5.86. The maximum Gasteiger partial charge on any atom is 0.0317 e. The summed E-state index contributed by atoms with van der Waals surface area (Å²) in [5, 5.41) is 0. The Kier molecular flexibility index (Phi) is 7.99. The first-order chi connectivity index (χ1) is 12.2. The van der Waals surface area contributed by atoms with Crippen molar-refractivity contribution in [2.75, 3.05) is 31.9 Å². The van der Waals surface area contributed by atoms with E-state index in [2.05, 4.69) is 58.3 Å². The summed E-state index contributed by atoms with van der Waals surface area (Å²) < 4.78 is 0. The van der Waals surface area contributed by atoms with Crippen molar-refractivity contribution in [3.63, 3.8) is 0 Å². The minimum Gasteiger partial charge on any atom is -0.399 e. The molecule has 2 aliphatic heterocycles. The highest BCUT2D eigenvalue weighted by Gasteiger charge is 2.41. The fourth-order valence-electron chi connectivity index (χ4n) is 4.73. The minimum absolute atomic E-state index is 0. The highest BCUT2D eigenvalue weighted by molar-refractivity contribution is 5.85. The number of halogens is 2. The van der Waals surface area contributed by atoms with Gasteiger partial charge in [-0.2, -0.15) is 0 Å². The molecular weight excluding hydrogens is 377 g/mol. The highest BCUT2D eigenvalue weighted by Crippen LogP contribution is 2.39. The molecule has 2 aromatic rings. The van der Waals surface area contributed by atoms with E-state index in [0.717, 1.165) is 18.8 Å². The third-order valence-electron chi connectivity index (χ3n) is 5.86. The Morgan fingerprint density at radius 1 is 0.778 bits per heavy atom. The molecular formula is C22H31Cl2N3.